The lowest BCUT2D eigenvalue weighted by atomic mass is 10.0. The quantitative estimate of drug-likeness (QED) is 0.0259. The van der Waals surface area contributed by atoms with E-state index in [1.165, 1.54) is 283 Å². The molecule has 0 aromatic heterocycles. The smallest absolute Gasteiger partial charge is 0.306 e. The van der Waals surface area contributed by atoms with Gasteiger partial charge >= 0.3 is 5.97 Å². The molecule has 71 heavy (non-hydrogen) atoms. The van der Waals surface area contributed by atoms with Crippen LogP contribution in [0.2, 0.25) is 0 Å². The van der Waals surface area contributed by atoms with Gasteiger partial charge in [-0.1, -0.05) is 316 Å². The summed E-state index contributed by atoms with van der Waals surface area (Å²) in [6, 6.07) is 0. The summed E-state index contributed by atoms with van der Waals surface area (Å²) in [5.74, 6) is -0.323. The highest BCUT2D eigenvalue weighted by Gasteiger charge is 2.20. The molecule has 8 nitrogen and oxygen atoms in total. The average molecular weight is 1030 g/mol. The van der Waals surface area contributed by atoms with Crippen LogP contribution < -0.4 is 4.89 Å². The van der Waals surface area contributed by atoms with Crippen LogP contribution in [-0.2, 0) is 27.9 Å². The van der Waals surface area contributed by atoms with Crippen molar-refractivity contribution in [3.8, 4) is 0 Å². The first kappa shape index (κ1) is 70.5. The lowest BCUT2D eigenvalue weighted by Crippen LogP contribution is -2.37. The molecule has 2 atom stereocenters. The highest BCUT2D eigenvalue weighted by molar-refractivity contribution is 7.45. The molecule has 0 spiro atoms. The van der Waals surface area contributed by atoms with Crippen molar-refractivity contribution in [3.63, 3.8) is 0 Å². The maximum absolute atomic E-state index is 12.8. The number of carbonyl (C=O) groups excluding carboxylic acids is 1. The van der Waals surface area contributed by atoms with E-state index in [2.05, 4.69) is 13.8 Å². The van der Waals surface area contributed by atoms with E-state index >= 15 is 0 Å². The Morgan fingerprint density at radius 3 is 0.930 bits per heavy atom. The van der Waals surface area contributed by atoms with Gasteiger partial charge in [0, 0.05) is 13.0 Å². The number of ether oxygens (including phenoxy) is 2. The highest BCUT2D eigenvalue weighted by Crippen LogP contribution is 2.38. The van der Waals surface area contributed by atoms with Gasteiger partial charge in [-0.3, -0.25) is 9.36 Å². The zero-order valence-electron chi connectivity index (χ0n) is 48.7. The van der Waals surface area contributed by atoms with Gasteiger partial charge in [0.1, 0.15) is 19.3 Å². The van der Waals surface area contributed by atoms with E-state index in [1.54, 1.807) is 0 Å². The molecule has 0 amide bonds. The normalized spacial score (nSPS) is 13.3. The van der Waals surface area contributed by atoms with Crippen molar-refractivity contribution < 1.29 is 37.3 Å². The van der Waals surface area contributed by atoms with Crippen molar-refractivity contribution in [2.75, 3.05) is 54.1 Å². The molecule has 9 heteroatoms. The topological polar surface area (TPSA) is 94.1 Å². The van der Waals surface area contributed by atoms with E-state index in [9.17, 15) is 14.3 Å². The van der Waals surface area contributed by atoms with Crippen LogP contribution in [0.25, 0.3) is 0 Å². The number of esters is 1. The zero-order valence-corrected chi connectivity index (χ0v) is 49.6. The summed E-state index contributed by atoms with van der Waals surface area (Å²) in [6.07, 6.45) is 66.1. The number of nitrogens with zero attached hydrogens (tertiary/aromatic N) is 1. The molecular weight excluding hydrogens is 902 g/mol. The summed E-state index contributed by atoms with van der Waals surface area (Å²) in [7, 11) is 1.38. The maximum Gasteiger partial charge on any atom is 0.306 e. The van der Waals surface area contributed by atoms with Gasteiger partial charge in [-0.2, -0.15) is 0 Å². The number of hydrogen-bond donors (Lipinski definition) is 0. The van der Waals surface area contributed by atoms with E-state index in [0.717, 1.165) is 32.1 Å². The van der Waals surface area contributed by atoms with E-state index in [0.29, 0.717) is 24.1 Å². The molecule has 0 aliphatic heterocycles. The van der Waals surface area contributed by atoms with Crippen molar-refractivity contribution in [1.29, 1.82) is 0 Å². The summed E-state index contributed by atoms with van der Waals surface area (Å²) < 4.78 is 34.8. The van der Waals surface area contributed by atoms with E-state index in [-0.39, 0.29) is 25.8 Å². The molecule has 0 aliphatic carbocycles. The first-order valence-electron chi connectivity index (χ1n) is 31.8. The second-order valence-electron chi connectivity index (χ2n) is 23.1. The van der Waals surface area contributed by atoms with Crippen LogP contribution in [0.1, 0.15) is 335 Å². The summed E-state index contributed by atoms with van der Waals surface area (Å²) in [6.45, 7) is 5.51. The molecule has 0 saturated heterocycles. The Morgan fingerprint density at radius 2 is 0.648 bits per heavy atom. The van der Waals surface area contributed by atoms with Crippen LogP contribution in [0.5, 0.6) is 0 Å². The lowest BCUT2D eigenvalue weighted by molar-refractivity contribution is -0.870. The van der Waals surface area contributed by atoms with Gasteiger partial charge < -0.3 is 27.9 Å². The van der Waals surface area contributed by atoms with Gasteiger partial charge in [0.25, 0.3) is 7.82 Å². The summed E-state index contributed by atoms with van der Waals surface area (Å²) in [5, 5.41) is 0. The highest BCUT2D eigenvalue weighted by atomic mass is 31.2. The first-order valence-corrected chi connectivity index (χ1v) is 33.2. The minimum absolute atomic E-state index is 0.0319. The molecule has 0 N–H and O–H groups in total. The minimum Gasteiger partial charge on any atom is -0.756 e. The van der Waals surface area contributed by atoms with Gasteiger partial charge in [-0.25, -0.2) is 0 Å². The molecule has 0 saturated carbocycles. The van der Waals surface area contributed by atoms with Gasteiger partial charge in [0.2, 0.25) is 0 Å². The second-order valence-corrected chi connectivity index (χ2v) is 24.6. The number of carbonyl (C=O) groups is 1. The summed E-state index contributed by atoms with van der Waals surface area (Å²) >= 11 is 0. The van der Waals surface area contributed by atoms with Gasteiger partial charge in [-0.15, -0.1) is 0 Å². The largest absolute Gasteiger partial charge is 0.756 e. The van der Waals surface area contributed by atoms with Crippen LogP contribution >= 0.6 is 7.82 Å². The molecule has 1 unspecified atom stereocenters. The zero-order chi connectivity index (χ0) is 51.9. The van der Waals surface area contributed by atoms with E-state index < -0.39 is 13.9 Å². The van der Waals surface area contributed by atoms with Crippen molar-refractivity contribution in [1.82, 2.24) is 0 Å². The SMILES string of the molecule is CCCCCCCCCCCCCCCCCCCCCCCCCCCCCCCCCCCCCC(=O)O[C@H](COCCCCCCCCCCCCCCCC)COP(=O)([O-])OCC[N+](C)(C)C. The van der Waals surface area contributed by atoms with Crippen LogP contribution in [-0.4, -0.2) is 70.7 Å². The van der Waals surface area contributed by atoms with Gasteiger partial charge in [-0.05, 0) is 12.8 Å². The standard InChI is InChI=1S/C62H126NO7P/c1-6-8-10-12-14-16-18-20-22-23-24-25-26-27-28-29-30-31-32-33-34-35-36-37-38-39-40-41-42-43-45-47-49-51-53-55-62(64)70-61(60-69-71(65,66)68-58-56-63(3,4)5)59-67-57-54-52-50-48-46-44-21-19-17-15-13-11-9-7-2/h61H,6-60H2,1-5H3/t61-/m1/s1. The van der Waals surface area contributed by atoms with Gasteiger partial charge in [0.15, 0.2) is 0 Å². The Bertz CT molecular complexity index is 1100. The Balaban J connectivity index is 3.80. The summed E-state index contributed by atoms with van der Waals surface area (Å²) in [4.78, 5) is 25.3. The third-order valence-electron chi connectivity index (χ3n) is 14.7. The molecule has 0 fully saturated rings. The second kappa shape index (κ2) is 55.7. The molecule has 0 rings (SSSR count). The van der Waals surface area contributed by atoms with Crippen molar-refractivity contribution in [3.05, 3.63) is 0 Å². The molecular formula is C62H126NO7P. The Labute approximate surface area is 444 Å². The van der Waals surface area contributed by atoms with Crippen molar-refractivity contribution in [2.24, 2.45) is 0 Å². The molecule has 0 radical (unpaired) electrons. The third kappa shape index (κ3) is 60.2. The molecule has 0 aliphatic rings. The predicted molar refractivity (Wildman–Crippen MR) is 305 cm³/mol. The number of unbranched alkanes of at least 4 members (excludes halogenated alkanes) is 47. The Morgan fingerprint density at radius 1 is 0.380 bits per heavy atom. The number of phosphoric acid groups is 1. The number of rotatable bonds is 61. The van der Waals surface area contributed by atoms with Crippen LogP contribution in [0, 0.1) is 0 Å². The van der Waals surface area contributed by atoms with Crippen molar-refractivity contribution in [2.45, 2.75) is 341 Å². The molecule has 426 valence electrons. The fourth-order valence-electron chi connectivity index (χ4n) is 9.79. The van der Waals surface area contributed by atoms with Crippen LogP contribution in [0.4, 0.5) is 0 Å². The third-order valence-corrected chi connectivity index (χ3v) is 15.6. The number of phosphoric ester groups is 1. The molecule has 0 aromatic rings. The fraction of sp³-hybridized carbons (Fsp3) is 0.984. The maximum atomic E-state index is 12.8. The van der Waals surface area contributed by atoms with E-state index in [1.807, 2.05) is 21.1 Å². The average Bonchev–Trinajstić information content (AvgIpc) is 3.33. The van der Waals surface area contributed by atoms with Gasteiger partial charge in [0.05, 0.1) is 34.4 Å². The van der Waals surface area contributed by atoms with Crippen LogP contribution in [0.3, 0.4) is 0 Å². The first-order chi connectivity index (χ1) is 34.6. The van der Waals surface area contributed by atoms with Crippen molar-refractivity contribution >= 4 is 13.8 Å². The lowest BCUT2D eigenvalue weighted by Gasteiger charge is -2.28. The number of likely N-dealkylation sites (N-methyl/N-ethyl adjacent to an activating group) is 1. The number of hydrogen-bond acceptors (Lipinski definition) is 7. The number of quaternary nitrogens is 1. The Kier molecular flexibility index (Phi) is 55.3. The minimum atomic E-state index is -4.53. The Hall–Kier alpha value is -0.500. The molecule has 0 heterocycles. The predicted octanol–water partition coefficient (Wildman–Crippen LogP) is 19.7. The van der Waals surface area contributed by atoms with E-state index in [4.69, 9.17) is 18.5 Å². The fourth-order valence-corrected chi connectivity index (χ4v) is 10.5. The molecule has 0 bridgehead atoms. The summed E-state index contributed by atoms with van der Waals surface area (Å²) in [5.41, 5.74) is 0. The monoisotopic (exact) mass is 1030 g/mol. The van der Waals surface area contributed by atoms with Crippen LogP contribution in [0.15, 0.2) is 0 Å². The molecule has 0 aromatic carbocycles.